The van der Waals surface area contributed by atoms with Gasteiger partial charge in [-0.15, -0.1) is 0 Å². The Balaban J connectivity index is 0.000000956. The van der Waals surface area contributed by atoms with Crippen molar-refractivity contribution in [3.05, 3.63) is 48.0 Å². The highest BCUT2D eigenvalue weighted by Crippen LogP contribution is 2.20. The van der Waals surface area contributed by atoms with Crippen molar-refractivity contribution < 1.29 is 4.79 Å². The lowest BCUT2D eigenvalue weighted by Gasteiger charge is -2.15. The highest BCUT2D eigenvalue weighted by molar-refractivity contribution is 5.88. The Bertz CT molecular complexity index is 543. The number of carbonyl (C=O) groups is 1. The molecule has 108 valence electrons. The minimum Gasteiger partial charge on any atom is -0.310 e. The van der Waals surface area contributed by atoms with Crippen LogP contribution in [0.1, 0.15) is 32.8 Å². The number of Topliss-reactive ketones (excluding diaryl/α,β-unsaturated/α-hetero) is 1. The molecule has 0 heterocycles. The van der Waals surface area contributed by atoms with E-state index < -0.39 is 0 Å². The van der Waals surface area contributed by atoms with Crippen molar-refractivity contribution >= 4 is 16.6 Å². The smallest absolute Gasteiger partial charge is 0.149 e. The largest absolute Gasteiger partial charge is 0.310 e. The van der Waals surface area contributed by atoms with Crippen LogP contribution in [0, 0.1) is 0 Å². The molecule has 1 atom stereocenters. The normalized spacial score (nSPS) is 11.6. The molecule has 0 aliphatic heterocycles. The van der Waals surface area contributed by atoms with Crippen LogP contribution in [0.3, 0.4) is 0 Å². The quantitative estimate of drug-likeness (QED) is 0.891. The molecule has 0 fully saturated rings. The second kappa shape index (κ2) is 8.49. The van der Waals surface area contributed by atoms with E-state index in [-0.39, 0.29) is 11.8 Å². The molecule has 1 N–H and O–H groups in total. The average Bonchev–Trinajstić information content (AvgIpc) is 2.53. The lowest BCUT2D eigenvalue weighted by Crippen LogP contribution is -2.35. The molecule has 0 aliphatic carbocycles. The number of likely N-dealkylation sites (N-methyl/N-ethyl adjacent to an activating group) is 1. The second-order valence-corrected chi connectivity index (χ2v) is 4.50. The fourth-order valence-corrected chi connectivity index (χ4v) is 2.31. The minimum atomic E-state index is -0.0826. The number of fused-ring (bicyclic) bond motifs is 1. The van der Waals surface area contributed by atoms with E-state index in [1.807, 2.05) is 40.0 Å². The van der Waals surface area contributed by atoms with E-state index >= 15 is 0 Å². The van der Waals surface area contributed by atoms with Crippen molar-refractivity contribution in [3.63, 3.8) is 0 Å². The molecule has 0 aromatic heterocycles. The van der Waals surface area contributed by atoms with Gasteiger partial charge in [0.1, 0.15) is 5.78 Å². The summed E-state index contributed by atoms with van der Waals surface area (Å²) in [6.45, 7) is 5.91. The summed E-state index contributed by atoms with van der Waals surface area (Å²) in [4.78, 5) is 11.8. The number of hydrogen-bond acceptors (Lipinski definition) is 2. The van der Waals surface area contributed by atoms with Crippen LogP contribution in [0.4, 0.5) is 0 Å². The van der Waals surface area contributed by atoms with Crippen LogP contribution in [0.2, 0.25) is 0 Å². The summed E-state index contributed by atoms with van der Waals surface area (Å²) in [6.07, 6.45) is 1.33. The predicted molar refractivity (Wildman–Crippen MR) is 87.1 cm³/mol. The number of rotatable bonds is 5. The Hall–Kier alpha value is -1.67. The van der Waals surface area contributed by atoms with Crippen LogP contribution in [0.15, 0.2) is 42.5 Å². The SMILES string of the molecule is CC.CCC(=O)C(Cc1cccc2ccccc12)NC. The Kier molecular flexibility index (Phi) is 6.96. The zero-order chi connectivity index (χ0) is 15.0. The monoisotopic (exact) mass is 271 g/mol. The standard InChI is InChI=1S/C16H19NO.C2H6/c1-3-16(18)15(17-2)11-13-9-6-8-12-7-4-5-10-14(12)13;1-2/h4-10,15,17H,3,11H2,1-2H3;1-2H3. The molecule has 0 radical (unpaired) electrons. The third-order valence-electron chi connectivity index (χ3n) is 3.39. The summed E-state index contributed by atoms with van der Waals surface area (Å²) >= 11 is 0. The molecule has 1 unspecified atom stereocenters. The molecule has 2 aromatic carbocycles. The van der Waals surface area contributed by atoms with Crippen molar-refractivity contribution in [3.8, 4) is 0 Å². The van der Waals surface area contributed by atoms with E-state index in [1.54, 1.807) is 0 Å². The first kappa shape index (κ1) is 16.4. The van der Waals surface area contributed by atoms with Crippen LogP contribution >= 0.6 is 0 Å². The maximum atomic E-state index is 11.8. The van der Waals surface area contributed by atoms with Gasteiger partial charge in [-0.05, 0) is 29.8 Å². The van der Waals surface area contributed by atoms with Crippen molar-refractivity contribution in [1.29, 1.82) is 0 Å². The summed E-state index contributed by atoms with van der Waals surface area (Å²) in [7, 11) is 1.85. The molecule has 2 aromatic rings. The van der Waals surface area contributed by atoms with Crippen molar-refractivity contribution in [2.45, 2.75) is 39.7 Å². The van der Waals surface area contributed by atoms with E-state index in [9.17, 15) is 4.79 Å². The summed E-state index contributed by atoms with van der Waals surface area (Å²) in [6, 6.07) is 14.5. The van der Waals surface area contributed by atoms with Gasteiger partial charge in [0.25, 0.3) is 0 Å². The van der Waals surface area contributed by atoms with Gasteiger partial charge in [0, 0.05) is 6.42 Å². The molecule has 2 heteroatoms. The molecular formula is C18H25NO. The molecule has 0 spiro atoms. The first-order valence-electron chi connectivity index (χ1n) is 7.43. The van der Waals surface area contributed by atoms with Gasteiger partial charge in [-0.2, -0.15) is 0 Å². The first-order chi connectivity index (χ1) is 9.76. The van der Waals surface area contributed by atoms with Crippen LogP contribution in [-0.2, 0) is 11.2 Å². The van der Waals surface area contributed by atoms with Gasteiger partial charge in [-0.1, -0.05) is 63.2 Å². The van der Waals surface area contributed by atoms with E-state index in [2.05, 4.69) is 35.6 Å². The fraction of sp³-hybridized carbons (Fsp3) is 0.389. The van der Waals surface area contributed by atoms with E-state index in [1.165, 1.54) is 16.3 Å². The van der Waals surface area contributed by atoms with Gasteiger partial charge in [0.15, 0.2) is 0 Å². The summed E-state index contributed by atoms with van der Waals surface area (Å²) in [5, 5.41) is 5.59. The molecule has 0 amide bonds. The van der Waals surface area contributed by atoms with Crippen molar-refractivity contribution in [2.24, 2.45) is 0 Å². The van der Waals surface area contributed by atoms with Crippen molar-refractivity contribution in [2.75, 3.05) is 7.05 Å². The Morgan fingerprint density at radius 2 is 1.75 bits per heavy atom. The topological polar surface area (TPSA) is 29.1 Å². The van der Waals surface area contributed by atoms with Gasteiger partial charge in [0.2, 0.25) is 0 Å². The fourth-order valence-electron chi connectivity index (χ4n) is 2.31. The summed E-state index contributed by atoms with van der Waals surface area (Å²) in [5.74, 6) is 0.269. The van der Waals surface area contributed by atoms with Gasteiger partial charge in [-0.25, -0.2) is 0 Å². The molecular weight excluding hydrogens is 246 g/mol. The number of benzene rings is 2. The van der Waals surface area contributed by atoms with Gasteiger partial charge in [0.05, 0.1) is 6.04 Å². The predicted octanol–water partition coefficient (Wildman–Crippen LogP) is 3.98. The van der Waals surface area contributed by atoms with Crippen molar-refractivity contribution in [1.82, 2.24) is 5.32 Å². The first-order valence-corrected chi connectivity index (χ1v) is 7.43. The third kappa shape index (κ3) is 3.91. The maximum Gasteiger partial charge on any atom is 0.149 e. The highest BCUT2D eigenvalue weighted by atomic mass is 16.1. The number of nitrogens with one attached hydrogen (secondary N) is 1. The van der Waals surface area contributed by atoms with Gasteiger partial charge in [-0.3, -0.25) is 4.79 Å². The van der Waals surface area contributed by atoms with Crippen LogP contribution < -0.4 is 5.32 Å². The van der Waals surface area contributed by atoms with Crippen LogP contribution in [0.5, 0.6) is 0 Å². The van der Waals surface area contributed by atoms with Gasteiger partial charge >= 0.3 is 0 Å². The molecule has 0 saturated heterocycles. The zero-order valence-electron chi connectivity index (χ0n) is 12.9. The van der Waals surface area contributed by atoms with E-state index in [0.717, 1.165) is 6.42 Å². The molecule has 0 saturated carbocycles. The minimum absolute atomic E-state index is 0.0826. The molecule has 20 heavy (non-hydrogen) atoms. The highest BCUT2D eigenvalue weighted by Gasteiger charge is 2.15. The number of ketones is 1. The zero-order valence-corrected chi connectivity index (χ0v) is 12.9. The van der Waals surface area contributed by atoms with Crippen LogP contribution in [-0.4, -0.2) is 18.9 Å². The summed E-state index contributed by atoms with van der Waals surface area (Å²) < 4.78 is 0. The number of hydrogen-bond donors (Lipinski definition) is 1. The summed E-state index contributed by atoms with van der Waals surface area (Å²) in [5.41, 5.74) is 1.23. The Labute approximate surface area is 122 Å². The van der Waals surface area contributed by atoms with Gasteiger partial charge < -0.3 is 5.32 Å². The third-order valence-corrected chi connectivity index (χ3v) is 3.39. The lowest BCUT2D eigenvalue weighted by atomic mass is 9.96. The maximum absolute atomic E-state index is 11.8. The van der Waals surface area contributed by atoms with E-state index in [0.29, 0.717) is 6.42 Å². The van der Waals surface area contributed by atoms with E-state index in [4.69, 9.17) is 0 Å². The molecule has 2 rings (SSSR count). The molecule has 0 bridgehead atoms. The lowest BCUT2D eigenvalue weighted by molar-refractivity contribution is -0.120. The molecule has 2 nitrogen and oxygen atoms in total. The Morgan fingerprint density at radius 1 is 1.10 bits per heavy atom. The Morgan fingerprint density at radius 3 is 2.40 bits per heavy atom. The number of carbonyl (C=O) groups excluding carboxylic acids is 1. The van der Waals surface area contributed by atoms with Crippen LogP contribution in [0.25, 0.3) is 10.8 Å². The average molecular weight is 271 g/mol. The molecule has 0 aliphatic rings. The second-order valence-electron chi connectivity index (χ2n) is 4.50.